The van der Waals surface area contributed by atoms with Crippen LogP contribution in [0.1, 0.15) is 18.4 Å². The number of nitrogens with zero attached hydrogens (tertiary/aromatic N) is 3. The lowest BCUT2D eigenvalue weighted by Gasteiger charge is -2.43. The lowest BCUT2D eigenvalue weighted by Crippen LogP contribution is -2.56. The van der Waals surface area contributed by atoms with E-state index in [1.54, 1.807) is 0 Å². The Hall–Kier alpha value is -2.24. The number of amides is 2. The van der Waals surface area contributed by atoms with Crippen molar-refractivity contribution in [2.75, 3.05) is 49.5 Å². The summed E-state index contributed by atoms with van der Waals surface area (Å²) in [6, 6.07) is 16.7. The lowest BCUT2D eigenvalue weighted by atomic mass is 10.0. The SMILES string of the molecule is Cc1c(Cl)cccc1NC(=O)N1CCCC(N2CCN(c3ccccc3)CC2)C1. The molecular weight excluding hydrogens is 384 g/mol. The molecule has 0 radical (unpaired) electrons. The van der Waals surface area contributed by atoms with Crippen LogP contribution < -0.4 is 10.2 Å². The van der Waals surface area contributed by atoms with Crippen molar-refractivity contribution in [3.8, 4) is 0 Å². The number of halogens is 1. The molecule has 2 amide bonds. The van der Waals surface area contributed by atoms with E-state index in [0.29, 0.717) is 11.1 Å². The molecule has 2 aromatic rings. The van der Waals surface area contributed by atoms with Crippen molar-refractivity contribution < 1.29 is 4.79 Å². The van der Waals surface area contributed by atoms with E-state index in [2.05, 4.69) is 45.4 Å². The third-order valence-electron chi connectivity index (χ3n) is 6.15. The second-order valence-corrected chi connectivity index (χ2v) is 8.35. The molecule has 2 aliphatic rings. The minimum absolute atomic E-state index is 0.0250. The zero-order valence-corrected chi connectivity index (χ0v) is 17.7. The highest BCUT2D eigenvalue weighted by atomic mass is 35.5. The van der Waals surface area contributed by atoms with Gasteiger partial charge in [-0.1, -0.05) is 35.9 Å². The van der Waals surface area contributed by atoms with E-state index in [0.717, 1.165) is 63.4 Å². The van der Waals surface area contributed by atoms with Crippen LogP contribution in [-0.4, -0.2) is 61.1 Å². The minimum atomic E-state index is -0.0250. The third-order valence-corrected chi connectivity index (χ3v) is 6.55. The van der Waals surface area contributed by atoms with Crippen LogP contribution in [0.4, 0.5) is 16.2 Å². The fraction of sp³-hybridized carbons (Fsp3) is 0.435. The van der Waals surface area contributed by atoms with Gasteiger partial charge in [-0.05, 0) is 49.6 Å². The largest absolute Gasteiger partial charge is 0.369 e. The first-order valence-electron chi connectivity index (χ1n) is 10.5. The Bertz CT molecular complexity index is 836. The molecule has 2 fully saturated rings. The maximum atomic E-state index is 12.8. The minimum Gasteiger partial charge on any atom is -0.369 e. The Balaban J connectivity index is 1.33. The monoisotopic (exact) mass is 412 g/mol. The van der Waals surface area contributed by atoms with Gasteiger partial charge in [0.1, 0.15) is 0 Å². The summed E-state index contributed by atoms with van der Waals surface area (Å²) in [5.74, 6) is 0. The van der Waals surface area contributed by atoms with Crippen molar-refractivity contribution >= 4 is 29.0 Å². The van der Waals surface area contributed by atoms with E-state index in [4.69, 9.17) is 11.6 Å². The molecule has 29 heavy (non-hydrogen) atoms. The first kappa shape index (κ1) is 20.0. The molecule has 2 aromatic carbocycles. The van der Waals surface area contributed by atoms with Gasteiger partial charge in [0.2, 0.25) is 0 Å². The normalized spacial score (nSPS) is 20.6. The number of urea groups is 1. The molecule has 1 unspecified atom stereocenters. The number of hydrogen-bond acceptors (Lipinski definition) is 3. The third kappa shape index (κ3) is 4.68. The van der Waals surface area contributed by atoms with Gasteiger partial charge in [0.15, 0.2) is 0 Å². The summed E-state index contributed by atoms with van der Waals surface area (Å²) in [5.41, 5.74) is 3.00. The summed E-state index contributed by atoms with van der Waals surface area (Å²) in [6.45, 7) is 7.69. The smallest absolute Gasteiger partial charge is 0.321 e. The number of carbonyl (C=O) groups is 1. The highest BCUT2D eigenvalue weighted by molar-refractivity contribution is 6.31. The topological polar surface area (TPSA) is 38.8 Å². The molecule has 0 bridgehead atoms. The standard InChI is InChI=1S/C23H29ClN4O/c1-18-21(24)10-5-11-22(18)25-23(29)28-12-6-9-20(17-28)27-15-13-26(14-16-27)19-7-3-2-4-8-19/h2-5,7-8,10-11,20H,6,9,12-17H2,1H3,(H,25,29). The van der Waals surface area contributed by atoms with E-state index in [-0.39, 0.29) is 6.03 Å². The second-order valence-electron chi connectivity index (χ2n) is 7.94. The van der Waals surface area contributed by atoms with Gasteiger partial charge in [0.25, 0.3) is 0 Å². The maximum Gasteiger partial charge on any atom is 0.321 e. The molecule has 2 saturated heterocycles. The van der Waals surface area contributed by atoms with Gasteiger partial charge >= 0.3 is 6.03 Å². The Morgan fingerprint density at radius 3 is 2.52 bits per heavy atom. The van der Waals surface area contributed by atoms with Crippen LogP contribution in [-0.2, 0) is 0 Å². The molecule has 154 valence electrons. The highest BCUT2D eigenvalue weighted by Gasteiger charge is 2.30. The fourth-order valence-corrected chi connectivity index (χ4v) is 4.53. The van der Waals surface area contributed by atoms with Gasteiger partial charge in [0.05, 0.1) is 0 Å². The molecule has 1 N–H and O–H groups in total. The van der Waals surface area contributed by atoms with Crippen LogP contribution >= 0.6 is 11.6 Å². The summed E-state index contributed by atoms with van der Waals surface area (Å²) >= 11 is 6.19. The van der Waals surface area contributed by atoms with E-state index >= 15 is 0 Å². The van der Waals surface area contributed by atoms with Crippen molar-refractivity contribution in [3.05, 3.63) is 59.1 Å². The number of piperazine rings is 1. The van der Waals surface area contributed by atoms with Crippen LogP contribution in [0.5, 0.6) is 0 Å². The van der Waals surface area contributed by atoms with E-state index in [1.165, 1.54) is 5.69 Å². The molecule has 5 nitrogen and oxygen atoms in total. The molecule has 2 aliphatic heterocycles. The Morgan fingerprint density at radius 1 is 1.00 bits per heavy atom. The Labute approximate surface area is 178 Å². The molecule has 0 saturated carbocycles. The highest BCUT2D eigenvalue weighted by Crippen LogP contribution is 2.25. The zero-order valence-electron chi connectivity index (χ0n) is 17.0. The van der Waals surface area contributed by atoms with Crippen LogP contribution in [0.2, 0.25) is 5.02 Å². The fourth-order valence-electron chi connectivity index (χ4n) is 4.36. The summed E-state index contributed by atoms with van der Waals surface area (Å²) in [4.78, 5) is 19.8. The number of nitrogens with one attached hydrogen (secondary N) is 1. The molecule has 6 heteroatoms. The van der Waals surface area contributed by atoms with Crippen molar-refractivity contribution in [1.82, 2.24) is 9.80 Å². The summed E-state index contributed by atoms with van der Waals surface area (Å²) in [5, 5.41) is 3.73. The van der Waals surface area contributed by atoms with Crippen LogP contribution in [0.25, 0.3) is 0 Å². The number of benzene rings is 2. The van der Waals surface area contributed by atoms with Gasteiger partial charge in [0, 0.05) is 61.7 Å². The number of carbonyl (C=O) groups excluding carboxylic acids is 1. The number of hydrogen-bond donors (Lipinski definition) is 1. The van der Waals surface area contributed by atoms with Crippen LogP contribution in [0.3, 0.4) is 0 Å². The van der Waals surface area contributed by atoms with Gasteiger partial charge in [-0.25, -0.2) is 4.79 Å². The van der Waals surface area contributed by atoms with E-state index < -0.39 is 0 Å². The summed E-state index contributed by atoms with van der Waals surface area (Å²) in [7, 11) is 0. The van der Waals surface area contributed by atoms with Gasteiger partial charge in [-0.2, -0.15) is 0 Å². The van der Waals surface area contributed by atoms with Crippen molar-refractivity contribution in [2.24, 2.45) is 0 Å². The number of anilines is 2. The zero-order chi connectivity index (χ0) is 20.2. The van der Waals surface area contributed by atoms with Gasteiger partial charge < -0.3 is 15.1 Å². The molecule has 0 aromatic heterocycles. The van der Waals surface area contributed by atoms with Crippen molar-refractivity contribution in [1.29, 1.82) is 0 Å². The van der Waals surface area contributed by atoms with E-state index in [9.17, 15) is 4.79 Å². The van der Waals surface area contributed by atoms with Crippen LogP contribution in [0.15, 0.2) is 48.5 Å². The lowest BCUT2D eigenvalue weighted by molar-refractivity contribution is 0.108. The number of para-hydroxylation sites is 1. The number of rotatable bonds is 3. The average Bonchev–Trinajstić information content (AvgIpc) is 2.78. The van der Waals surface area contributed by atoms with Crippen molar-refractivity contribution in [2.45, 2.75) is 25.8 Å². The molecule has 2 heterocycles. The molecule has 0 aliphatic carbocycles. The molecular formula is C23H29ClN4O. The molecule has 4 rings (SSSR count). The molecule has 1 atom stereocenters. The number of piperidine rings is 1. The predicted molar refractivity (Wildman–Crippen MR) is 120 cm³/mol. The number of likely N-dealkylation sites (tertiary alicyclic amines) is 1. The summed E-state index contributed by atoms with van der Waals surface area (Å²) < 4.78 is 0. The van der Waals surface area contributed by atoms with Gasteiger partial charge in [-0.3, -0.25) is 4.90 Å². The quantitative estimate of drug-likeness (QED) is 0.808. The Morgan fingerprint density at radius 2 is 1.76 bits per heavy atom. The second kappa shape index (κ2) is 9.06. The molecule has 0 spiro atoms. The van der Waals surface area contributed by atoms with Crippen LogP contribution in [0, 0.1) is 6.92 Å². The first-order chi connectivity index (χ1) is 14.1. The first-order valence-corrected chi connectivity index (χ1v) is 10.8. The average molecular weight is 413 g/mol. The predicted octanol–water partition coefficient (Wildman–Crippen LogP) is 4.47. The van der Waals surface area contributed by atoms with Crippen molar-refractivity contribution in [3.63, 3.8) is 0 Å². The van der Waals surface area contributed by atoms with Gasteiger partial charge in [-0.15, -0.1) is 0 Å². The van der Waals surface area contributed by atoms with E-state index in [1.807, 2.05) is 30.0 Å². The Kier molecular flexibility index (Phi) is 6.26. The maximum absolute atomic E-state index is 12.8. The summed E-state index contributed by atoms with van der Waals surface area (Å²) in [6.07, 6.45) is 2.21.